The molecule has 0 saturated heterocycles. The van der Waals surface area contributed by atoms with Crippen LogP contribution >= 0.6 is 11.3 Å². The van der Waals surface area contributed by atoms with Gasteiger partial charge in [-0.15, -0.1) is 11.3 Å². The van der Waals surface area contributed by atoms with Crippen molar-refractivity contribution < 1.29 is 4.74 Å². The second-order valence-electron chi connectivity index (χ2n) is 2.81. The van der Waals surface area contributed by atoms with E-state index in [4.69, 9.17) is 4.74 Å². The highest BCUT2D eigenvalue weighted by Crippen LogP contribution is 2.16. The maximum absolute atomic E-state index is 5.27. The largest absolute Gasteiger partial charge is 0.375 e. The van der Waals surface area contributed by atoms with E-state index in [1.807, 2.05) is 14.0 Å². The van der Waals surface area contributed by atoms with E-state index in [-0.39, 0.29) is 0 Å². The molecule has 0 aliphatic heterocycles. The van der Waals surface area contributed by atoms with Gasteiger partial charge in [-0.05, 0) is 20.9 Å². The van der Waals surface area contributed by atoms with E-state index < -0.39 is 0 Å². The van der Waals surface area contributed by atoms with Gasteiger partial charge in [-0.25, -0.2) is 4.98 Å². The third-order valence-corrected chi connectivity index (χ3v) is 2.72. The molecule has 0 amide bonds. The molecular weight excluding hydrogens is 184 g/mol. The van der Waals surface area contributed by atoms with E-state index in [2.05, 4.69) is 22.6 Å². The number of thiazole rings is 1. The van der Waals surface area contributed by atoms with Crippen molar-refractivity contribution in [2.75, 3.05) is 13.7 Å². The van der Waals surface area contributed by atoms with Crippen LogP contribution in [-0.2, 0) is 11.3 Å². The van der Waals surface area contributed by atoms with Gasteiger partial charge in [-0.3, -0.25) is 0 Å². The van der Waals surface area contributed by atoms with Gasteiger partial charge in [-0.2, -0.15) is 0 Å². The van der Waals surface area contributed by atoms with Gasteiger partial charge in [0.15, 0.2) is 0 Å². The highest BCUT2D eigenvalue weighted by Gasteiger charge is 2.07. The molecule has 1 aromatic rings. The van der Waals surface area contributed by atoms with E-state index in [1.54, 1.807) is 11.3 Å². The maximum atomic E-state index is 5.27. The molecule has 0 radical (unpaired) electrons. The molecule has 1 N–H and O–H groups in total. The quantitative estimate of drug-likeness (QED) is 0.789. The van der Waals surface area contributed by atoms with Gasteiger partial charge in [0, 0.05) is 18.0 Å². The second-order valence-corrected chi connectivity index (χ2v) is 3.76. The van der Waals surface area contributed by atoms with Crippen LogP contribution in [-0.4, -0.2) is 18.6 Å². The minimum atomic E-state index is 0.326. The summed E-state index contributed by atoms with van der Waals surface area (Å²) in [7, 11) is 1.94. The Morgan fingerprint density at radius 1 is 1.69 bits per heavy atom. The van der Waals surface area contributed by atoms with Gasteiger partial charge in [0.1, 0.15) is 5.01 Å². The number of hydrogen-bond donors (Lipinski definition) is 1. The highest BCUT2D eigenvalue weighted by atomic mass is 32.1. The van der Waals surface area contributed by atoms with Crippen LogP contribution in [0, 0.1) is 0 Å². The van der Waals surface area contributed by atoms with Crippen LogP contribution in [0.2, 0.25) is 0 Å². The summed E-state index contributed by atoms with van der Waals surface area (Å²) in [5, 5.41) is 6.29. The molecule has 1 unspecified atom stereocenters. The molecule has 74 valence electrons. The Morgan fingerprint density at radius 2 is 2.46 bits per heavy atom. The number of nitrogens with one attached hydrogen (secondary N) is 1. The first-order valence-corrected chi connectivity index (χ1v) is 5.35. The number of rotatable bonds is 5. The van der Waals surface area contributed by atoms with Gasteiger partial charge < -0.3 is 10.1 Å². The van der Waals surface area contributed by atoms with E-state index in [9.17, 15) is 0 Å². The van der Waals surface area contributed by atoms with Crippen molar-refractivity contribution in [3.63, 3.8) is 0 Å². The smallest absolute Gasteiger partial charge is 0.119 e. The van der Waals surface area contributed by atoms with E-state index >= 15 is 0 Å². The molecule has 4 heteroatoms. The first-order valence-electron chi connectivity index (χ1n) is 4.47. The molecule has 0 aliphatic carbocycles. The molecule has 0 saturated carbocycles. The molecule has 0 bridgehead atoms. The van der Waals surface area contributed by atoms with Crippen molar-refractivity contribution >= 4 is 11.3 Å². The van der Waals surface area contributed by atoms with Crippen LogP contribution in [0.1, 0.15) is 30.6 Å². The third-order valence-electron chi connectivity index (χ3n) is 1.88. The molecule has 1 aromatic heterocycles. The molecule has 1 heterocycles. The first kappa shape index (κ1) is 10.6. The standard InChI is InChI=1S/C9H16N2OS/c1-4-12-5-9-11-8(6-13-9)7(2)10-3/h6-7,10H,4-5H2,1-3H3. The normalized spacial score (nSPS) is 13.2. The van der Waals surface area contributed by atoms with Gasteiger partial charge >= 0.3 is 0 Å². The van der Waals surface area contributed by atoms with Crippen LogP contribution in [0.4, 0.5) is 0 Å². The Kier molecular flexibility index (Phi) is 4.35. The van der Waals surface area contributed by atoms with Crippen LogP contribution in [0.25, 0.3) is 0 Å². The van der Waals surface area contributed by atoms with Gasteiger partial charge in [-0.1, -0.05) is 0 Å². The Balaban J connectivity index is 2.53. The first-order chi connectivity index (χ1) is 6.27. The average Bonchev–Trinajstić information content (AvgIpc) is 2.62. The maximum Gasteiger partial charge on any atom is 0.119 e. The minimum absolute atomic E-state index is 0.326. The predicted octanol–water partition coefficient (Wildman–Crippen LogP) is 1.96. The summed E-state index contributed by atoms with van der Waals surface area (Å²) in [6, 6.07) is 0.326. The Bertz CT molecular complexity index is 250. The fraction of sp³-hybridized carbons (Fsp3) is 0.667. The summed E-state index contributed by atoms with van der Waals surface area (Å²) in [6.07, 6.45) is 0. The van der Waals surface area contributed by atoms with Crippen molar-refractivity contribution in [2.24, 2.45) is 0 Å². The average molecular weight is 200 g/mol. The molecule has 0 spiro atoms. The SMILES string of the molecule is CCOCc1nc(C(C)NC)cs1. The van der Waals surface area contributed by atoms with Crippen LogP contribution in [0.15, 0.2) is 5.38 Å². The van der Waals surface area contributed by atoms with Gasteiger partial charge in [0.25, 0.3) is 0 Å². The zero-order valence-electron chi connectivity index (χ0n) is 8.33. The monoisotopic (exact) mass is 200 g/mol. The molecule has 0 aliphatic rings. The number of ether oxygens (including phenoxy) is 1. The summed E-state index contributed by atoms with van der Waals surface area (Å²) < 4.78 is 5.27. The van der Waals surface area contributed by atoms with E-state index in [0.29, 0.717) is 12.6 Å². The van der Waals surface area contributed by atoms with Crippen molar-refractivity contribution in [3.05, 3.63) is 16.1 Å². The second kappa shape index (κ2) is 5.32. The molecule has 1 atom stereocenters. The lowest BCUT2D eigenvalue weighted by Crippen LogP contribution is -2.12. The summed E-state index contributed by atoms with van der Waals surface area (Å²) in [5.74, 6) is 0. The Hall–Kier alpha value is -0.450. The molecule has 0 fully saturated rings. The number of nitrogens with zero attached hydrogens (tertiary/aromatic N) is 1. The van der Waals surface area contributed by atoms with Crippen molar-refractivity contribution in [1.29, 1.82) is 0 Å². The summed E-state index contributed by atoms with van der Waals surface area (Å²) in [6.45, 7) is 5.47. The summed E-state index contributed by atoms with van der Waals surface area (Å²) in [5.41, 5.74) is 1.10. The lowest BCUT2D eigenvalue weighted by atomic mass is 10.3. The van der Waals surface area contributed by atoms with Crippen LogP contribution in [0.5, 0.6) is 0 Å². The van der Waals surface area contributed by atoms with E-state index in [0.717, 1.165) is 17.3 Å². The van der Waals surface area contributed by atoms with Crippen LogP contribution < -0.4 is 5.32 Å². The molecule has 13 heavy (non-hydrogen) atoms. The molecule has 3 nitrogen and oxygen atoms in total. The fourth-order valence-corrected chi connectivity index (χ4v) is 1.75. The topological polar surface area (TPSA) is 34.1 Å². The number of hydrogen-bond acceptors (Lipinski definition) is 4. The Labute approximate surface area is 83.1 Å². The molecule has 0 aromatic carbocycles. The van der Waals surface area contributed by atoms with Crippen LogP contribution in [0.3, 0.4) is 0 Å². The molecule has 1 rings (SSSR count). The lowest BCUT2D eigenvalue weighted by molar-refractivity contribution is 0.133. The Morgan fingerprint density at radius 3 is 3.08 bits per heavy atom. The summed E-state index contributed by atoms with van der Waals surface area (Å²) in [4.78, 5) is 4.45. The zero-order chi connectivity index (χ0) is 9.68. The van der Waals surface area contributed by atoms with Crippen molar-refractivity contribution in [3.8, 4) is 0 Å². The summed E-state index contributed by atoms with van der Waals surface area (Å²) >= 11 is 1.66. The highest BCUT2D eigenvalue weighted by molar-refractivity contribution is 7.09. The number of aromatic nitrogens is 1. The van der Waals surface area contributed by atoms with Crippen molar-refractivity contribution in [2.45, 2.75) is 26.5 Å². The predicted molar refractivity (Wildman–Crippen MR) is 54.9 cm³/mol. The lowest BCUT2D eigenvalue weighted by Gasteiger charge is -2.04. The zero-order valence-corrected chi connectivity index (χ0v) is 9.15. The third kappa shape index (κ3) is 3.06. The molecular formula is C9H16N2OS. The van der Waals surface area contributed by atoms with E-state index in [1.165, 1.54) is 0 Å². The fourth-order valence-electron chi connectivity index (χ4n) is 0.928. The van der Waals surface area contributed by atoms with Crippen molar-refractivity contribution in [1.82, 2.24) is 10.3 Å². The minimum Gasteiger partial charge on any atom is -0.375 e. The van der Waals surface area contributed by atoms with Gasteiger partial charge in [0.05, 0.1) is 12.3 Å². The van der Waals surface area contributed by atoms with Gasteiger partial charge in [0.2, 0.25) is 0 Å².